The number of amides is 1. The first-order chi connectivity index (χ1) is 9.19. The van der Waals surface area contributed by atoms with E-state index in [1.807, 2.05) is 24.3 Å². The molecule has 0 bridgehead atoms. The molecule has 3 heteroatoms. The first kappa shape index (κ1) is 11.8. The van der Waals surface area contributed by atoms with Gasteiger partial charge in [0.15, 0.2) is 0 Å². The van der Waals surface area contributed by atoms with Gasteiger partial charge in [0.25, 0.3) is 0 Å². The fourth-order valence-corrected chi connectivity index (χ4v) is 2.57. The van der Waals surface area contributed by atoms with Gasteiger partial charge in [-0.2, -0.15) is 0 Å². The minimum absolute atomic E-state index is 0.0592. The molecule has 0 aromatic heterocycles. The highest BCUT2D eigenvalue weighted by Gasteiger charge is 2.19. The van der Waals surface area contributed by atoms with Gasteiger partial charge in [-0.25, -0.2) is 0 Å². The van der Waals surface area contributed by atoms with Crippen LogP contribution in [0.3, 0.4) is 0 Å². The second kappa shape index (κ2) is 4.43. The minimum atomic E-state index is 0.0592. The van der Waals surface area contributed by atoms with Crippen LogP contribution in [0.4, 0.5) is 5.69 Å². The molecule has 2 aromatic rings. The number of carbonyl (C=O) groups is 1. The van der Waals surface area contributed by atoms with Gasteiger partial charge >= 0.3 is 0 Å². The number of ether oxygens (including phenoxy) is 1. The quantitative estimate of drug-likeness (QED) is 0.892. The third-order valence-electron chi connectivity index (χ3n) is 3.47. The smallest absolute Gasteiger partial charge is 0.228 e. The number of aryl methyl sites for hydroxylation is 1. The van der Waals surface area contributed by atoms with E-state index in [0.717, 1.165) is 33.7 Å². The molecule has 3 rings (SSSR count). The highest BCUT2D eigenvalue weighted by atomic mass is 16.5. The van der Waals surface area contributed by atoms with Gasteiger partial charge in [0.1, 0.15) is 5.75 Å². The summed E-state index contributed by atoms with van der Waals surface area (Å²) >= 11 is 0. The molecular formula is C16H15NO2. The van der Waals surface area contributed by atoms with Gasteiger partial charge in [0, 0.05) is 11.3 Å². The van der Waals surface area contributed by atoms with Crippen LogP contribution in [-0.4, -0.2) is 13.0 Å². The molecule has 0 atom stereocenters. The summed E-state index contributed by atoms with van der Waals surface area (Å²) in [6.07, 6.45) is 0.456. The normalized spacial score (nSPS) is 13.1. The Morgan fingerprint density at radius 3 is 2.84 bits per heavy atom. The van der Waals surface area contributed by atoms with E-state index < -0.39 is 0 Å². The third-order valence-corrected chi connectivity index (χ3v) is 3.47. The maximum atomic E-state index is 11.4. The van der Waals surface area contributed by atoms with E-state index >= 15 is 0 Å². The molecule has 1 N–H and O–H groups in total. The summed E-state index contributed by atoms with van der Waals surface area (Å²) in [5, 5.41) is 2.85. The molecular weight excluding hydrogens is 238 g/mol. The number of methoxy groups -OCH3 is 1. The summed E-state index contributed by atoms with van der Waals surface area (Å²) in [6.45, 7) is 2.06. The zero-order valence-electron chi connectivity index (χ0n) is 11.0. The van der Waals surface area contributed by atoms with Gasteiger partial charge in [-0.3, -0.25) is 4.79 Å². The molecule has 19 heavy (non-hydrogen) atoms. The maximum absolute atomic E-state index is 11.4. The van der Waals surface area contributed by atoms with Crippen molar-refractivity contribution in [3.8, 4) is 16.9 Å². The number of anilines is 1. The first-order valence-electron chi connectivity index (χ1n) is 6.26. The van der Waals surface area contributed by atoms with Crippen LogP contribution in [0.1, 0.15) is 11.1 Å². The molecule has 1 aliphatic rings. The highest BCUT2D eigenvalue weighted by molar-refractivity contribution is 5.99. The SMILES string of the molecule is COc1cccc(C)c1-c1ccc2c(c1)CC(=O)N2. The number of benzene rings is 2. The average Bonchev–Trinajstić information content (AvgIpc) is 2.77. The fourth-order valence-electron chi connectivity index (χ4n) is 2.57. The Kier molecular flexibility index (Phi) is 2.75. The second-order valence-electron chi connectivity index (χ2n) is 4.75. The number of hydrogen-bond acceptors (Lipinski definition) is 2. The van der Waals surface area contributed by atoms with Crippen LogP contribution in [0.15, 0.2) is 36.4 Å². The molecule has 0 saturated heterocycles. The molecule has 0 unspecified atom stereocenters. The van der Waals surface area contributed by atoms with Crippen molar-refractivity contribution in [2.24, 2.45) is 0 Å². The fraction of sp³-hybridized carbons (Fsp3) is 0.188. The predicted octanol–water partition coefficient (Wildman–Crippen LogP) is 3.17. The zero-order valence-corrected chi connectivity index (χ0v) is 11.0. The molecule has 96 valence electrons. The van der Waals surface area contributed by atoms with Crippen LogP contribution in [0.5, 0.6) is 5.75 Å². The molecule has 0 radical (unpaired) electrons. The Bertz CT molecular complexity index is 662. The van der Waals surface area contributed by atoms with Crippen LogP contribution >= 0.6 is 0 Å². The van der Waals surface area contributed by atoms with E-state index in [1.165, 1.54) is 0 Å². The Hall–Kier alpha value is -2.29. The van der Waals surface area contributed by atoms with Crippen LogP contribution in [-0.2, 0) is 11.2 Å². The lowest BCUT2D eigenvalue weighted by Crippen LogP contribution is -2.03. The van der Waals surface area contributed by atoms with Crippen molar-refractivity contribution in [2.45, 2.75) is 13.3 Å². The van der Waals surface area contributed by atoms with Gasteiger partial charge in [-0.05, 0) is 41.8 Å². The molecule has 3 nitrogen and oxygen atoms in total. The van der Waals surface area contributed by atoms with Crippen molar-refractivity contribution in [3.05, 3.63) is 47.5 Å². The standard InChI is InChI=1S/C16H15NO2/c1-10-4-3-5-14(19-2)16(10)11-6-7-13-12(8-11)9-15(18)17-13/h3-8H,9H2,1-2H3,(H,17,18). The Morgan fingerprint density at radius 2 is 2.05 bits per heavy atom. The number of rotatable bonds is 2. The molecule has 0 saturated carbocycles. The van der Waals surface area contributed by atoms with E-state index in [1.54, 1.807) is 7.11 Å². The number of fused-ring (bicyclic) bond motifs is 1. The monoisotopic (exact) mass is 253 g/mol. The van der Waals surface area contributed by atoms with Crippen molar-refractivity contribution in [3.63, 3.8) is 0 Å². The number of hydrogen-bond donors (Lipinski definition) is 1. The summed E-state index contributed by atoms with van der Waals surface area (Å²) in [4.78, 5) is 11.4. The van der Waals surface area contributed by atoms with Gasteiger partial charge in [0.2, 0.25) is 5.91 Å². The predicted molar refractivity (Wildman–Crippen MR) is 75.5 cm³/mol. The second-order valence-corrected chi connectivity index (χ2v) is 4.75. The van der Waals surface area contributed by atoms with E-state index in [4.69, 9.17) is 4.74 Å². The molecule has 0 fully saturated rings. The number of carbonyl (C=O) groups excluding carboxylic acids is 1. The average molecular weight is 253 g/mol. The van der Waals surface area contributed by atoms with Crippen LogP contribution in [0.25, 0.3) is 11.1 Å². The van der Waals surface area contributed by atoms with Crippen molar-refractivity contribution < 1.29 is 9.53 Å². The van der Waals surface area contributed by atoms with Crippen molar-refractivity contribution in [1.29, 1.82) is 0 Å². The number of nitrogens with one attached hydrogen (secondary N) is 1. The summed E-state index contributed by atoms with van der Waals surface area (Å²) in [7, 11) is 1.68. The first-order valence-corrected chi connectivity index (χ1v) is 6.26. The van der Waals surface area contributed by atoms with E-state index in [0.29, 0.717) is 6.42 Å². The minimum Gasteiger partial charge on any atom is -0.496 e. The van der Waals surface area contributed by atoms with Crippen LogP contribution < -0.4 is 10.1 Å². The van der Waals surface area contributed by atoms with E-state index in [2.05, 4.69) is 24.4 Å². The van der Waals surface area contributed by atoms with E-state index in [9.17, 15) is 4.79 Å². The van der Waals surface area contributed by atoms with Gasteiger partial charge in [-0.15, -0.1) is 0 Å². The summed E-state index contributed by atoms with van der Waals surface area (Å²) in [5.74, 6) is 0.918. The summed E-state index contributed by atoms with van der Waals surface area (Å²) in [5.41, 5.74) is 5.31. The van der Waals surface area contributed by atoms with Crippen molar-refractivity contribution in [2.75, 3.05) is 12.4 Å². The lowest BCUT2D eigenvalue weighted by atomic mass is 9.97. The van der Waals surface area contributed by atoms with Crippen molar-refractivity contribution in [1.82, 2.24) is 0 Å². The molecule has 0 spiro atoms. The molecule has 1 amide bonds. The van der Waals surface area contributed by atoms with Gasteiger partial charge < -0.3 is 10.1 Å². The topological polar surface area (TPSA) is 38.3 Å². The maximum Gasteiger partial charge on any atom is 0.228 e. The molecule has 1 heterocycles. The molecule has 2 aromatic carbocycles. The summed E-state index contributed by atoms with van der Waals surface area (Å²) in [6, 6.07) is 12.1. The Balaban J connectivity index is 2.14. The van der Waals surface area contributed by atoms with Gasteiger partial charge in [-0.1, -0.05) is 18.2 Å². The summed E-state index contributed by atoms with van der Waals surface area (Å²) < 4.78 is 5.44. The highest BCUT2D eigenvalue weighted by Crippen LogP contribution is 2.36. The third kappa shape index (κ3) is 1.97. The molecule has 0 aliphatic carbocycles. The zero-order chi connectivity index (χ0) is 13.4. The van der Waals surface area contributed by atoms with E-state index in [-0.39, 0.29) is 5.91 Å². The van der Waals surface area contributed by atoms with Crippen LogP contribution in [0, 0.1) is 6.92 Å². The Morgan fingerprint density at radius 1 is 1.21 bits per heavy atom. The lowest BCUT2D eigenvalue weighted by molar-refractivity contribution is -0.115. The van der Waals surface area contributed by atoms with Gasteiger partial charge in [0.05, 0.1) is 13.5 Å². The Labute approximate surface area is 112 Å². The van der Waals surface area contributed by atoms with Crippen LogP contribution in [0.2, 0.25) is 0 Å². The largest absolute Gasteiger partial charge is 0.496 e. The lowest BCUT2D eigenvalue weighted by Gasteiger charge is -2.12. The van der Waals surface area contributed by atoms with Crippen molar-refractivity contribution >= 4 is 11.6 Å². The molecule has 1 aliphatic heterocycles.